The molecule has 32 heavy (non-hydrogen) atoms. The first-order valence-corrected chi connectivity index (χ1v) is 13.2. The monoisotopic (exact) mass is 473 g/mol. The molecule has 1 aliphatic heterocycles. The van der Waals surface area contributed by atoms with Crippen LogP contribution in [0.2, 0.25) is 0 Å². The fourth-order valence-corrected chi connectivity index (χ4v) is 5.70. The number of aromatic nitrogens is 1. The largest absolute Gasteiger partial charge is 0.379 e. The van der Waals surface area contributed by atoms with E-state index in [1.54, 1.807) is 17.0 Å². The second-order valence-corrected chi connectivity index (χ2v) is 11.1. The van der Waals surface area contributed by atoms with Crippen LogP contribution in [-0.2, 0) is 14.6 Å². The Bertz CT molecular complexity index is 1250. The van der Waals surface area contributed by atoms with Gasteiger partial charge in [-0.2, -0.15) is 0 Å². The zero-order chi connectivity index (χ0) is 22.9. The molecule has 0 radical (unpaired) electrons. The molecule has 1 aromatic heterocycles. The number of hydrogen-bond donors (Lipinski definition) is 0. The summed E-state index contributed by atoms with van der Waals surface area (Å²) >= 11 is 1.34. The van der Waals surface area contributed by atoms with Gasteiger partial charge in [0, 0.05) is 38.0 Å². The van der Waals surface area contributed by atoms with Crippen LogP contribution in [0.1, 0.15) is 21.5 Å². The minimum atomic E-state index is -3.44. The Morgan fingerprint density at radius 1 is 1.19 bits per heavy atom. The fraction of sp³-hybridized carbons (Fsp3) is 0.391. The van der Waals surface area contributed by atoms with Crippen LogP contribution in [0, 0.1) is 13.8 Å². The van der Waals surface area contributed by atoms with Gasteiger partial charge >= 0.3 is 0 Å². The van der Waals surface area contributed by atoms with Crippen molar-refractivity contribution in [2.45, 2.75) is 18.7 Å². The van der Waals surface area contributed by atoms with Crippen molar-refractivity contribution in [3.05, 3.63) is 53.1 Å². The molecule has 0 N–H and O–H groups in total. The van der Waals surface area contributed by atoms with Crippen molar-refractivity contribution in [1.29, 1.82) is 0 Å². The van der Waals surface area contributed by atoms with Gasteiger partial charge in [0.25, 0.3) is 5.91 Å². The highest BCUT2D eigenvalue weighted by atomic mass is 32.2. The van der Waals surface area contributed by atoms with Crippen LogP contribution in [-0.4, -0.2) is 69.9 Å². The van der Waals surface area contributed by atoms with Gasteiger partial charge in [0.15, 0.2) is 15.0 Å². The van der Waals surface area contributed by atoms with Crippen molar-refractivity contribution in [2.24, 2.45) is 0 Å². The lowest BCUT2D eigenvalue weighted by Crippen LogP contribution is -2.43. The quantitative estimate of drug-likeness (QED) is 0.547. The molecular weight excluding hydrogens is 446 g/mol. The number of morpholine rings is 1. The average molecular weight is 474 g/mol. The first kappa shape index (κ1) is 22.8. The van der Waals surface area contributed by atoms with Crippen molar-refractivity contribution in [1.82, 2.24) is 9.88 Å². The Hall–Kier alpha value is -2.33. The van der Waals surface area contributed by atoms with Crippen LogP contribution < -0.4 is 4.90 Å². The lowest BCUT2D eigenvalue weighted by atomic mass is 10.0. The van der Waals surface area contributed by atoms with E-state index in [-0.39, 0.29) is 10.8 Å². The molecule has 7 nitrogen and oxygen atoms in total. The van der Waals surface area contributed by atoms with Gasteiger partial charge in [-0.25, -0.2) is 13.4 Å². The molecule has 0 aliphatic carbocycles. The summed E-state index contributed by atoms with van der Waals surface area (Å²) in [6, 6.07) is 10.9. The Morgan fingerprint density at radius 2 is 1.94 bits per heavy atom. The van der Waals surface area contributed by atoms with Crippen molar-refractivity contribution in [3.8, 4) is 0 Å². The van der Waals surface area contributed by atoms with Crippen LogP contribution in [0.15, 0.2) is 41.3 Å². The SMILES string of the molecule is Cc1ccc(C)c(C(=O)N(CCN2CCOCC2)c2nc3c(S(C)(=O)=O)cccc3s2)c1. The van der Waals surface area contributed by atoms with Crippen LogP contribution in [0.3, 0.4) is 0 Å². The zero-order valence-corrected chi connectivity index (χ0v) is 20.1. The van der Waals surface area contributed by atoms with Crippen molar-refractivity contribution < 1.29 is 17.9 Å². The summed E-state index contributed by atoms with van der Waals surface area (Å²) in [5.74, 6) is -0.126. The lowest BCUT2D eigenvalue weighted by Gasteiger charge is -2.29. The van der Waals surface area contributed by atoms with E-state index in [4.69, 9.17) is 4.74 Å². The van der Waals surface area contributed by atoms with E-state index in [1.165, 1.54) is 17.6 Å². The van der Waals surface area contributed by atoms with Crippen LogP contribution in [0.5, 0.6) is 0 Å². The minimum absolute atomic E-state index is 0.126. The maximum absolute atomic E-state index is 13.7. The molecule has 170 valence electrons. The average Bonchev–Trinajstić information content (AvgIpc) is 3.19. The highest BCUT2D eigenvalue weighted by Gasteiger charge is 2.25. The number of rotatable bonds is 6. The number of fused-ring (bicyclic) bond motifs is 1. The summed E-state index contributed by atoms with van der Waals surface area (Å²) in [4.78, 5) is 22.5. The summed E-state index contributed by atoms with van der Waals surface area (Å²) in [7, 11) is -3.44. The van der Waals surface area contributed by atoms with Crippen molar-refractivity contribution in [3.63, 3.8) is 0 Å². The Kier molecular flexibility index (Phi) is 6.62. The number of hydrogen-bond acceptors (Lipinski definition) is 7. The van der Waals surface area contributed by atoms with E-state index < -0.39 is 9.84 Å². The molecule has 1 fully saturated rings. The number of carbonyl (C=O) groups excluding carboxylic acids is 1. The molecule has 0 bridgehead atoms. The molecule has 1 aliphatic rings. The van der Waals surface area contributed by atoms with E-state index in [1.807, 2.05) is 38.1 Å². The van der Waals surface area contributed by atoms with Gasteiger partial charge in [0.1, 0.15) is 5.52 Å². The molecule has 1 amide bonds. The molecule has 9 heteroatoms. The molecule has 0 spiro atoms. The number of thiazole rings is 1. The van der Waals surface area contributed by atoms with Crippen molar-refractivity contribution in [2.75, 3.05) is 50.5 Å². The summed E-state index contributed by atoms with van der Waals surface area (Å²) in [6.07, 6.45) is 1.18. The Balaban J connectivity index is 1.74. The summed E-state index contributed by atoms with van der Waals surface area (Å²) < 4.78 is 30.7. The number of para-hydroxylation sites is 1. The third-order valence-corrected chi connectivity index (χ3v) is 7.79. The van der Waals surface area contributed by atoms with Crippen LogP contribution in [0.4, 0.5) is 5.13 Å². The summed E-state index contributed by atoms with van der Waals surface area (Å²) in [6.45, 7) is 8.05. The number of ether oxygens (including phenoxy) is 1. The van der Waals surface area contributed by atoms with E-state index >= 15 is 0 Å². The van der Waals surface area contributed by atoms with Gasteiger partial charge in [-0.15, -0.1) is 0 Å². The number of carbonyl (C=O) groups is 1. The molecule has 0 unspecified atom stereocenters. The number of nitrogens with zero attached hydrogens (tertiary/aromatic N) is 3. The molecular formula is C23H27N3O4S2. The topological polar surface area (TPSA) is 79.8 Å². The Morgan fingerprint density at radius 3 is 2.66 bits per heavy atom. The molecule has 0 saturated carbocycles. The number of sulfone groups is 1. The zero-order valence-electron chi connectivity index (χ0n) is 18.5. The predicted molar refractivity (Wildman–Crippen MR) is 128 cm³/mol. The van der Waals surface area contributed by atoms with E-state index in [0.29, 0.717) is 42.5 Å². The first-order valence-electron chi connectivity index (χ1n) is 10.5. The summed E-state index contributed by atoms with van der Waals surface area (Å²) in [5.41, 5.74) is 2.96. The van der Waals surface area contributed by atoms with Crippen molar-refractivity contribution >= 4 is 42.4 Å². The van der Waals surface area contributed by atoms with Gasteiger partial charge in [0.05, 0.1) is 22.8 Å². The number of aryl methyl sites for hydroxylation is 2. The van der Waals surface area contributed by atoms with Crippen LogP contribution >= 0.6 is 11.3 Å². The summed E-state index contributed by atoms with van der Waals surface area (Å²) in [5, 5.41) is 0.510. The third-order valence-electron chi connectivity index (χ3n) is 5.61. The normalized spacial score (nSPS) is 15.2. The molecule has 4 rings (SSSR count). The lowest BCUT2D eigenvalue weighted by molar-refractivity contribution is 0.0391. The van der Waals surface area contributed by atoms with E-state index in [0.717, 1.165) is 28.9 Å². The number of amides is 1. The number of anilines is 1. The fourth-order valence-electron chi connectivity index (χ4n) is 3.79. The molecule has 2 aromatic carbocycles. The standard InChI is InChI=1S/C23H27N3O4S2/c1-16-7-8-17(2)18(15-16)22(27)26(10-9-25-11-13-30-14-12-25)23-24-21-19(31-23)5-4-6-20(21)32(3,28)29/h4-8,15H,9-14H2,1-3H3. The molecule has 2 heterocycles. The minimum Gasteiger partial charge on any atom is -0.379 e. The van der Waals surface area contributed by atoms with Gasteiger partial charge in [-0.1, -0.05) is 35.1 Å². The van der Waals surface area contributed by atoms with Gasteiger partial charge in [0.2, 0.25) is 0 Å². The first-order chi connectivity index (χ1) is 15.2. The maximum Gasteiger partial charge on any atom is 0.260 e. The molecule has 0 atom stereocenters. The second-order valence-electron chi connectivity index (χ2n) is 8.10. The molecule has 3 aromatic rings. The second kappa shape index (κ2) is 9.27. The van der Waals surface area contributed by atoms with Gasteiger partial charge in [-0.05, 0) is 37.6 Å². The van der Waals surface area contributed by atoms with Crippen LogP contribution in [0.25, 0.3) is 10.2 Å². The highest BCUT2D eigenvalue weighted by Crippen LogP contribution is 2.33. The predicted octanol–water partition coefficient (Wildman–Crippen LogP) is 3.30. The van der Waals surface area contributed by atoms with E-state index in [2.05, 4.69) is 9.88 Å². The molecule has 1 saturated heterocycles. The van der Waals surface area contributed by atoms with E-state index in [9.17, 15) is 13.2 Å². The number of benzene rings is 2. The maximum atomic E-state index is 13.7. The smallest absolute Gasteiger partial charge is 0.260 e. The van der Waals surface area contributed by atoms with Gasteiger partial charge < -0.3 is 4.74 Å². The van der Waals surface area contributed by atoms with Gasteiger partial charge in [-0.3, -0.25) is 14.6 Å². The third kappa shape index (κ3) is 4.85. The highest BCUT2D eigenvalue weighted by molar-refractivity contribution is 7.91. The Labute approximate surface area is 192 Å².